The van der Waals surface area contributed by atoms with Crippen LogP contribution in [0.2, 0.25) is 0 Å². The summed E-state index contributed by atoms with van der Waals surface area (Å²) in [5, 5.41) is 0. The van der Waals surface area contributed by atoms with Crippen LogP contribution in [0.4, 0.5) is 0 Å². The summed E-state index contributed by atoms with van der Waals surface area (Å²) in [4.78, 5) is 0. The molecule has 0 aromatic heterocycles. The van der Waals surface area contributed by atoms with E-state index in [9.17, 15) is 0 Å². The molecular weight excluding hydrogens is 278 g/mol. The summed E-state index contributed by atoms with van der Waals surface area (Å²) in [6.07, 6.45) is 0. The lowest BCUT2D eigenvalue weighted by atomic mass is 9.49. The van der Waals surface area contributed by atoms with E-state index in [1.807, 2.05) is 39.8 Å². The van der Waals surface area contributed by atoms with E-state index in [0.717, 1.165) is 45.3 Å². The Morgan fingerprint density at radius 1 is 0.591 bits per heavy atom. The molecule has 4 rings (SSSR count). The second-order valence-electron chi connectivity index (χ2n) is 6.03. The molecule has 2 aliphatic rings. The van der Waals surface area contributed by atoms with Crippen LogP contribution in [0.25, 0.3) is 0 Å². The van der Waals surface area contributed by atoms with E-state index in [0.29, 0.717) is 0 Å². The van der Waals surface area contributed by atoms with E-state index in [4.69, 9.17) is 18.6 Å². The lowest BCUT2D eigenvalue weighted by Crippen LogP contribution is -2.49. The van der Waals surface area contributed by atoms with Crippen LogP contribution in [-0.2, 0) is 0 Å². The van der Waals surface area contributed by atoms with Gasteiger partial charge in [0.15, 0.2) is 0 Å². The predicted octanol–water partition coefficient (Wildman–Crippen LogP) is 3.22. The Hall–Kier alpha value is -2.23. The van der Waals surface area contributed by atoms with Crippen molar-refractivity contribution in [2.75, 3.05) is 0 Å². The molecule has 0 amide bonds. The normalized spacial score (nSPS) is 14.7. The molecule has 0 spiro atoms. The molecule has 0 bridgehead atoms. The van der Waals surface area contributed by atoms with Gasteiger partial charge in [0.05, 0.1) is 0 Å². The first kappa shape index (κ1) is 13.4. The Morgan fingerprint density at radius 2 is 1.00 bits per heavy atom. The number of benzene rings is 2. The van der Waals surface area contributed by atoms with Crippen molar-refractivity contribution >= 4 is 14.0 Å². The zero-order valence-electron chi connectivity index (χ0n) is 13.1. The molecule has 2 aromatic rings. The van der Waals surface area contributed by atoms with Gasteiger partial charge in [-0.2, -0.15) is 0 Å². The average molecular weight is 294 g/mol. The van der Waals surface area contributed by atoms with Crippen molar-refractivity contribution in [1.29, 1.82) is 0 Å². The third-order valence-corrected chi connectivity index (χ3v) is 3.95. The minimum absolute atomic E-state index is 0.595. The van der Waals surface area contributed by atoms with Crippen molar-refractivity contribution in [2.45, 2.75) is 27.7 Å². The maximum atomic E-state index is 5.91. The zero-order chi connectivity index (χ0) is 15.4. The van der Waals surface area contributed by atoms with Crippen molar-refractivity contribution in [3.63, 3.8) is 0 Å². The van der Waals surface area contributed by atoms with Gasteiger partial charge in [0.25, 0.3) is 0 Å². The maximum absolute atomic E-state index is 5.91. The lowest BCUT2D eigenvalue weighted by Gasteiger charge is -2.07. The monoisotopic (exact) mass is 294 g/mol. The quantitative estimate of drug-likeness (QED) is 0.757. The molecule has 0 aliphatic carbocycles. The van der Waals surface area contributed by atoms with E-state index in [1.54, 1.807) is 0 Å². The summed E-state index contributed by atoms with van der Waals surface area (Å²) < 4.78 is 23.6. The van der Waals surface area contributed by atoms with E-state index < -0.39 is 14.0 Å². The average Bonchev–Trinajstić information content (AvgIpc) is 3.01. The lowest BCUT2D eigenvalue weighted by molar-refractivity contribution is 0.463. The minimum atomic E-state index is -0.595. The van der Waals surface area contributed by atoms with Crippen molar-refractivity contribution in [2.24, 2.45) is 0 Å². The highest BCUT2D eigenvalue weighted by Gasteiger charge is 2.55. The second-order valence-corrected chi connectivity index (χ2v) is 6.03. The summed E-state index contributed by atoms with van der Waals surface area (Å²) >= 11 is 0. The molecule has 0 atom stereocenters. The van der Waals surface area contributed by atoms with Gasteiger partial charge in [-0.1, -0.05) is 12.1 Å². The van der Waals surface area contributed by atoms with Gasteiger partial charge in [-0.05, 0) is 62.1 Å². The summed E-state index contributed by atoms with van der Waals surface area (Å²) in [5.74, 6) is 3.04. The van der Waals surface area contributed by atoms with Crippen LogP contribution in [-0.4, -0.2) is 14.0 Å². The fourth-order valence-corrected chi connectivity index (χ4v) is 3.06. The number of fused-ring (bicyclic) bond motifs is 2. The number of hydrogen-bond donors (Lipinski definition) is 0. The summed E-state index contributed by atoms with van der Waals surface area (Å²) in [5.41, 5.74) is 4.40. The molecule has 0 unspecified atom stereocenters. The van der Waals surface area contributed by atoms with Crippen molar-refractivity contribution in [3.05, 3.63) is 46.5 Å². The number of hydrogen-bond acceptors (Lipinski definition) is 4. The van der Waals surface area contributed by atoms with E-state index in [2.05, 4.69) is 12.1 Å². The molecule has 6 heteroatoms. The van der Waals surface area contributed by atoms with Gasteiger partial charge in [0, 0.05) is 0 Å². The van der Waals surface area contributed by atoms with Gasteiger partial charge in [0.2, 0.25) is 0 Å². The third kappa shape index (κ3) is 2.02. The van der Waals surface area contributed by atoms with Crippen molar-refractivity contribution in [3.8, 4) is 23.0 Å². The maximum Gasteiger partial charge on any atom is 0.658 e. The molecule has 0 radical (unpaired) electrons. The highest BCUT2D eigenvalue weighted by atomic mass is 16.7. The molecule has 0 N–H and O–H groups in total. The van der Waals surface area contributed by atoms with Crippen LogP contribution in [0, 0.1) is 27.7 Å². The smallest absolute Gasteiger partial charge is 0.524 e. The SMILES string of the molecule is Cc1cc(C)c2c(c1)OB(B1Oc3cc(C)cc(C)c3O1)O2. The van der Waals surface area contributed by atoms with Gasteiger partial charge >= 0.3 is 14.0 Å². The summed E-state index contributed by atoms with van der Waals surface area (Å²) in [6, 6.07) is 8.09. The first-order chi connectivity index (χ1) is 10.5. The van der Waals surface area contributed by atoms with E-state index in [1.165, 1.54) is 0 Å². The van der Waals surface area contributed by atoms with Gasteiger partial charge in [-0.15, -0.1) is 0 Å². The van der Waals surface area contributed by atoms with Gasteiger partial charge in [-0.3, -0.25) is 0 Å². The highest BCUT2D eigenvalue weighted by molar-refractivity contribution is 7.12. The first-order valence-electron chi connectivity index (χ1n) is 7.40. The molecule has 2 aromatic carbocycles. The Kier molecular flexibility index (Phi) is 2.83. The van der Waals surface area contributed by atoms with Crippen LogP contribution >= 0.6 is 0 Å². The predicted molar refractivity (Wildman–Crippen MR) is 85.9 cm³/mol. The topological polar surface area (TPSA) is 36.9 Å². The summed E-state index contributed by atoms with van der Waals surface area (Å²) in [6.45, 7) is 8.09. The molecule has 0 saturated heterocycles. The first-order valence-corrected chi connectivity index (χ1v) is 7.40. The zero-order valence-corrected chi connectivity index (χ0v) is 13.1. The fourth-order valence-electron chi connectivity index (χ4n) is 3.06. The number of rotatable bonds is 1. The van der Waals surface area contributed by atoms with E-state index in [-0.39, 0.29) is 0 Å². The highest BCUT2D eigenvalue weighted by Crippen LogP contribution is 2.42. The Bertz CT molecular complexity index is 710. The standard InChI is InChI=1S/C16H16B2O4/c1-9-5-11(3)15-13(7-9)19-17(21-15)18-20-14-8-10(2)6-12(4)16(14)22-18/h5-8H,1-4H3. The van der Waals surface area contributed by atoms with Crippen molar-refractivity contribution < 1.29 is 18.6 Å². The van der Waals surface area contributed by atoms with Crippen LogP contribution in [0.1, 0.15) is 22.3 Å². The Balaban J connectivity index is 1.59. The Labute approximate surface area is 130 Å². The molecule has 4 nitrogen and oxygen atoms in total. The number of aryl methyl sites for hydroxylation is 4. The largest absolute Gasteiger partial charge is 0.658 e. The third-order valence-electron chi connectivity index (χ3n) is 3.95. The molecule has 0 saturated carbocycles. The van der Waals surface area contributed by atoms with Crippen molar-refractivity contribution in [1.82, 2.24) is 0 Å². The fraction of sp³-hybridized carbons (Fsp3) is 0.250. The van der Waals surface area contributed by atoms with Crippen LogP contribution in [0.15, 0.2) is 24.3 Å². The van der Waals surface area contributed by atoms with Gasteiger partial charge < -0.3 is 18.6 Å². The molecule has 2 aliphatic heterocycles. The molecule has 22 heavy (non-hydrogen) atoms. The molecular formula is C16H16B2O4. The molecule has 110 valence electrons. The summed E-state index contributed by atoms with van der Waals surface area (Å²) in [7, 11) is -1.19. The second kappa shape index (κ2) is 4.63. The molecule has 0 fully saturated rings. The van der Waals surface area contributed by atoms with E-state index >= 15 is 0 Å². The Morgan fingerprint density at radius 3 is 1.41 bits per heavy atom. The van der Waals surface area contributed by atoms with Gasteiger partial charge in [-0.25, -0.2) is 0 Å². The minimum Gasteiger partial charge on any atom is -0.524 e. The van der Waals surface area contributed by atoms with Crippen LogP contribution < -0.4 is 18.6 Å². The van der Waals surface area contributed by atoms with Gasteiger partial charge in [0.1, 0.15) is 23.0 Å². The molecule has 2 heterocycles. The van der Waals surface area contributed by atoms with Crippen LogP contribution in [0.5, 0.6) is 23.0 Å². The van der Waals surface area contributed by atoms with Crippen LogP contribution in [0.3, 0.4) is 0 Å².